The fourth-order valence-corrected chi connectivity index (χ4v) is 2.28. The van der Waals surface area contributed by atoms with Gasteiger partial charge < -0.3 is 14.9 Å². The molecule has 0 amide bonds. The van der Waals surface area contributed by atoms with Gasteiger partial charge in [-0.2, -0.15) is 0 Å². The van der Waals surface area contributed by atoms with E-state index in [1.807, 2.05) is 12.1 Å². The van der Waals surface area contributed by atoms with Crippen LogP contribution in [0.5, 0.6) is 5.75 Å². The lowest BCUT2D eigenvalue weighted by molar-refractivity contribution is 0.399. The molecule has 0 saturated carbocycles. The van der Waals surface area contributed by atoms with Gasteiger partial charge in [-0.3, -0.25) is 0 Å². The summed E-state index contributed by atoms with van der Waals surface area (Å²) in [5.41, 5.74) is 9.73. The summed E-state index contributed by atoms with van der Waals surface area (Å²) in [4.78, 5) is 0. The lowest BCUT2D eigenvalue weighted by Crippen LogP contribution is -2.13. The molecule has 0 radical (unpaired) electrons. The second-order valence-corrected chi connectivity index (χ2v) is 4.85. The number of hydrogen-bond acceptors (Lipinski definition) is 3. The molecule has 1 atom stereocenters. The molecule has 1 aromatic carbocycles. The summed E-state index contributed by atoms with van der Waals surface area (Å²) in [5, 5.41) is 0. The van der Waals surface area contributed by atoms with Gasteiger partial charge in [0.25, 0.3) is 0 Å². The Morgan fingerprint density at radius 2 is 2.05 bits per heavy atom. The molecule has 0 saturated heterocycles. The Morgan fingerprint density at radius 1 is 1.26 bits per heavy atom. The number of rotatable bonds is 5. The Hall–Kier alpha value is -1.74. The van der Waals surface area contributed by atoms with Gasteiger partial charge in [0, 0.05) is 18.0 Å². The van der Waals surface area contributed by atoms with E-state index < -0.39 is 0 Å². The minimum Gasteiger partial charge on any atom is -0.496 e. The van der Waals surface area contributed by atoms with Gasteiger partial charge in [0.05, 0.1) is 13.4 Å². The Morgan fingerprint density at radius 3 is 2.68 bits per heavy atom. The Labute approximate surface area is 114 Å². The molecule has 3 nitrogen and oxygen atoms in total. The van der Waals surface area contributed by atoms with Crippen LogP contribution in [0.15, 0.2) is 34.9 Å². The molecular weight excluding hydrogens is 238 g/mol. The van der Waals surface area contributed by atoms with Crippen molar-refractivity contribution in [1.82, 2.24) is 0 Å². The lowest BCUT2D eigenvalue weighted by atomic mass is 9.96. The maximum absolute atomic E-state index is 6.29. The van der Waals surface area contributed by atoms with Crippen molar-refractivity contribution in [2.45, 2.75) is 32.7 Å². The van der Waals surface area contributed by atoms with E-state index in [2.05, 4.69) is 26.0 Å². The summed E-state index contributed by atoms with van der Waals surface area (Å²) in [6.45, 7) is 4.15. The van der Waals surface area contributed by atoms with E-state index in [1.165, 1.54) is 5.56 Å². The van der Waals surface area contributed by atoms with Gasteiger partial charge in [-0.15, -0.1) is 0 Å². The van der Waals surface area contributed by atoms with Crippen LogP contribution in [0.1, 0.15) is 34.9 Å². The first-order chi connectivity index (χ1) is 9.13. The highest BCUT2D eigenvalue weighted by molar-refractivity contribution is 5.46. The molecule has 3 heteroatoms. The predicted octanol–water partition coefficient (Wildman–Crippen LogP) is 3.54. The molecule has 0 aliphatic rings. The number of methoxy groups -OCH3 is 1. The maximum atomic E-state index is 6.29. The van der Waals surface area contributed by atoms with Crippen molar-refractivity contribution in [2.24, 2.45) is 5.73 Å². The van der Waals surface area contributed by atoms with Crippen LogP contribution in [0.2, 0.25) is 0 Å². The Kier molecular flexibility index (Phi) is 4.27. The normalized spacial score (nSPS) is 12.4. The number of nitrogens with two attached hydrogens (primary N) is 1. The van der Waals surface area contributed by atoms with E-state index >= 15 is 0 Å². The van der Waals surface area contributed by atoms with Crippen molar-refractivity contribution in [3.63, 3.8) is 0 Å². The number of furan rings is 1. The molecule has 0 aliphatic heterocycles. The van der Waals surface area contributed by atoms with Gasteiger partial charge in [-0.05, 0) is 43.5 Å². The fourth-order valence-electron chi connectivity index (χ4n) is 2.28. The monoisotopic (exact) mass is 259 g/mol. The highest BCUT2D eigenvalue weighted by Gasteiger charge is 2.15. The van der Waals surface area contributed by atoms with Crippen molar-refractivity contribution >= 4 is 0 Å². The van der Waals surface area contributed by atoms with E-state index in [1.54, 1.807) is 13.4 Å². The zero-order valence-electron chi connectivity index (χ0n) is 11.8. The molecule has 19 heavy (non-hydrogen) atoms. The maximum Gasteiger partial charge on any atom is 0.126 e. The topological polar surface area (TPSA) is 48.4 Å². The van der Waals surface area contributed by atoms with E-state index in [0.717, 1.165) is 35.5 Å². The minimum absolute atomic E-state index is 0.0423. The smallest absolute Gasteiger partial charge is 0.126 e. The standard InChI is InChI=1S/C16H21NO2/c1-11-6-8-14(16(18-3)12(11)2)15(17)9-7-13-5-4-10-19-13/h4-6,8,10,15H,7,9,17H2,1-3H3. The summed E-state index contributed by atoms with van der Waals surface area (Å²) >= 11 is 0. The van der Waals surface area contributed by atoms with E-state index in [0.29, 0.717) is 0 Å². The van der Waals surface area contributed by atoms with Crippen LogP contribution in [0.3, 0.4) is 0 Å². The Balaban J connectivity index is 2.14. The molecule has 0 aliphatic carbocycles. The number of aryl methyl sites for hydroxylation is 2. The summed E-state index contributed by atoms with van der Waals surface area (Å²) in [5.74, 6) is 1.88. The molecule has 1 unspecified atom stereocenters. The molecule has 2 rings (SSSR count). The van der Waals surface area contributed by atoms with Gasteiger partial charge in [-0.1, -0.05) is 12.1 Å². The van der Waals surface area contributed by atoms with Crippen molar-refractivity contribution in [1.29, 1.82) is 0 Å². The average molecular weight is 259 g/mol. The van der Waals surface area contributed by atoms with Crippen LogP contribution < -0.4 is 10.5 Å². The number of hydrogen-bond donors (Lipinski definition) is 1. The third-order valence-electron chi connectivity index (χ3n) is 3.59. The second-order valence-electron chi connectivity index (χ2n) is 4.85. The molecule has 0 spiro atoms. The van der Waals surface area contributed by atoms with Crippen molar-refractivity contribution in [3.05, 3.63) is 53.0 Å². The van der Waals surface area contributed by atoms with Crippen molar-refractivity contribution < 1.29 is 9.15 Å². The van der Waals surface area contributed by atoms with E-state index in [9.17, 15) is 0 Å². The summed E-state index contributed by atoms with van der Waals surface area (Å²) < 4.78 is 10.8. The lowest BCUT2D eigenvalue weighted by Gasteiger charge is -2.18. The van der Waals surface area contributed by atoms with Crippen molar-refractivity contribution in [3.8, 4) is 5.75 Å². The number of benzene rings is 1. The van der Waals surface area contributed by atoms with Gasteiger partial charge in [0.1, 0.15) is 11.5 Å². The van der Waals surface area contributed by atoms with Crippen LogP contribution in [-0.2, 0) is 6.42 Å². The van der Waals surface area contributed by atoms with E-state index in [4.69, 9.17) is 14.9 Å². The number of ether oxygens (including phenoxy) is 1. The molecule has 0 fully saturated rings. The zero-order valence-corrected chi connectivity index (χ0v) is 11.8. The van der Waals surface area contributed by atoms with Crippen LogP contribution in [-0.4, -0.2) is 7.11 Å². The summed E-state index contributed by atoms with van der Waals surface area (Å²) in [6.07, 6.45) is 3.37. The third kappa shape index (κ3) is 2.99. The minimum atomic E-state index is -0.0423. The Bertz CT molecular complexity index is 532. The SMILES string of the molecule is COc1c(C(N)CCc2ccco2)ccc(C)c1C. The van der Waals surface area contributed by atoms with Gasteiger partial charge >= 0.3 is 0 Å². The summed E-state index contributed by atoms with van der Waals surface area (Å²) in [7, 11) is 1.70. The molecule has 102 valence electrons. The third-order valence-corrected chi connectivity index (χ3v) is 3.59. The largest absolute Gasteiger partial charge is 0.496 e. The molecule has 0 bridgehead atoms. The average Bonchev–Trinajstić information content (AvgIpc) is 2.92. The first-order valence-corrected chi connectivity index (χ1v) is 6.55. The quantitative estimate of drug-likeness (QED) is 0.893. The molecule has 1 heterocycles. The van der Waals surface area contributed by atoms with Crippen LogP contribution in [0.4, 0.5) is 0 Å². The first-order valence-electron chi connectivity index (χ1n) is 6.55. The highest BCUT2D eigenvalue weighted by Crippen LogP contribution is 2.31. The molecule has 1 aromatic heterocycles. The van der Waals surface area contributed by atoms with Crippen LogP contribution in [0, 0.1) is 13.8 Å². The van der Waals surface area contributed by atoms with Crippen LogP contribution >= 0.6 is 0 Å². The molecule has 2 aromatic rings. The van der Waals surface area contributed by atoms with Gasteiger partial charge in [0.15, 0.2) is 0 Å². The van der Waals surface area contributed by atoms with Crippen LogP contribution in [0.25, 0.3) is 0 Å². The molecule has 2 N–H and O–H groups in total. The molecular formula is C16H21NO2. The van der Waals surface area contributed by atoms with Gasteiger partial charge in [-0.25, -0.2) is 0 Å². The van der Waals surface area contributed by atoms with Crippen molar-refractivity contribution in [2.75, 3.05) is 7.11 Å². The zero-order chi connectivity index (χ0) is 13.8. The summed E-state index contributed by atoms with van der Waals surface area (Å²) in [6, 6.07) is 8.00. The fraction of sp³-hybridized carbons (Fsp3) is 0.375. The van der Waals surface area contributed by atoms with E-state index in [-0.39, 0.29) is 6.04 Å². The first kappa shape index (κ1) is 13.7. The van der Waals surface area contributed by atoms with Gasteiger partial charge in [0.2, 0.25) is 0 Å². The predicted molar refractivity (Wildman–Crippen MR) is 76.4 cm³/mol. The highest BCUT2D eigenvalue weighted by atomic mass is 16.5. The second kappa shape index (κ2) is 5.93.